The van der Waals surface area contributed by atoms with Crippen LogP contribution in [0.25, 0.3) is 10.9 Å². The van der Waals surface area contributed by atoms with E-state index in [-0.39, 0.29) is 0 Å². The first-order valence-electron chi connectivity index (χ1n) is 5.76. The maximum atomic E-state index is 4.33. The Morgan fingerprint density at radius 1 is 0.850 bits per heavy atom. The second-order valence-corrected chi connectivity index (χ2v) is 6.82. The highest BCUT2D eigenvalue weighted by Gasteiger charge is 2.08. The van der Waals surface area contributed by atoms with Crippen LogP contribution in [0.15, 0.2) is 56.1 Å². The Morgan fingerprint density at radius 2 is 1.60 bits per heavy atom. The van der Waals surface area contributed by atoms with E-state index >= 15 is 0 Å². The molecule has 0 saturated carbocycles. The molecule has 6 heteroatoms. The average Bonchev–Trinajstić information content (AvgIpc) is 2.42. The van der Waals surface area contributed by atoms with Gasteiger partial charge in [-0.05, 0) is 52.3 Å². The van der Waals surface area contributed by atoms with Gasteiger partial charge in [0.05, 0.1) is 5.52 Å². The monoisotopic (exact) mass is 455 g/mol. The minimum absolute atomic E-state index is 0.777. The normalized spacial score (nSPS) is 10.8. The number of hydrogen-bond donors (Lipinski definition) is 1. The zero-order valence-corrected chi connectivity index (χ0v) is 14.8. The fourth-order valence-electron chi connectivity index (χ4n) is 1.86. The minimum Gasteiger partial charge on any atom is -0.340 e. The molecule has 0 spiro atoms. The summed E-state index contributed by atoms with van der Waals surface area (Å²) < 4.78 is 2.95. The second kappa shape index (κ2) is 5.79. The molecule has 0 amide bonds. The van der Waals surface area contributed by atoms with Gasteiger partial charge in [-0.1, -0.05) is 31.9 Å². The molecule has 1 aromatic heterocycles. The number of fused-ring (bicyclic) bond motifs is 1. The number of anilines is 2. The van der Waals surface area contributed by atoms with Crippen LogP contribution in [0.1, 0.15) is 0 Å². The molecule has 100 valence electrons. The molecule has 0 fully saturated rings. The highest BCUT2D eigenvalue weighted by Crippen LogP contribution is 2.31. The highest BCUT2D eigenvalue weighted by atomic mass is 79.9. The van der Waals surface area contributed by atoms with Gasteiger partial charge < -0.3 is 5.32 Å². The van der Waals surface area contributed by atoms with Crippen molar-refractivity contribution in [1.29, 1.82) is 0 Å². The van der Waals surface area contributed by atoms with E-state index in [0.717, 1.165) is 35.8 Å². The first kappa shape index (κ1) is 14.0. The third-order valence-electron chi connectivity index (χ3n) is 2.76. The van der Waals surface area contributed by atoms with Crippen molar-refractivity contribution in [2.45, 2.75) is 0 Å². The Balaban J connectivity index is 2.09. The minimum atomic E-state index is 0.777. The van der Waals surface area contributed by atoms with E-state index in [1.165, 1.54) is 0 Å². The van der Waals surface area contributed by atoms with E-state index in [1.807, 2.05) is 36.4 Å². The summed E-state index contributed by atoms with van der Waals surface area (Å²) in [5.74, 6) is 0.777. The van der Waals surface area contributed by atoms with E-state index in [1.54, 1.807) is 6.33 Å². The van der Waals surface area contributed by atoms with Gasteiger partial charge in [-0.15, -0.1) is 0 Å². The zero-order valence-electron chi connectivity index (χ0n) is 10.1. The molecule has 3 rings (SSSR count). The molecule has 0 aliphatic carbocycles. The van der Waals surface area contributed by atoms with Crippen LogP contribution in [0.5, 0.6) is 0 Å². The van der Waals surface area contributed by atoms with Crippen LogP contribution in [0.4, 0.5) is 11.5 Å². The molecule has 0 radical (unpaired) electrons. The number of aromatic nitrogens is 2. The summed E-state index contributed by atoms with van der Waals surface area (Å²) in [5.41, 5.74) is 1.85. The molecule has 0 bridgehead atoms. The van der Waals surface area contributed by atoms with Gasteiger partial charge in [0.15, 0.2) is 0 Å². The Bertz CT molecular complexity index is 772. The number of nitrogens with zero attached hydrogens (tertiary/aromatic N) is 2. The van der Waals surface area contributed by atoms with E-state index in [0.29, 0.717) is 0 Å². The van der Waals surface area contributed by atoms with Gasteiger partial charge in [-0.3, -0.25) is 0 Å². The lowest BCUT2D eigenvalue weighted by atomic mass is 10.2. The maximum Gasteiger partial charge on any atom is 0.141 e. The predicted octanol–water partition coefficient (Wildman–Crippen LogP) is 5.66. The van der Waals surface area contributed by atoms with Crippen molar-refractivity contribution in [3.8, 4) is 0 Å². The molecule has 0 atom stereocenters. The number of nitrogens with one attached hydrogen (secondary N) is 1. The summed E-state index contributed by atoms with van der Waals surface area (Å²) in [6.45, 7) is 0. The van der Waals surface area contributed by atoms with Crippen molar-refractivity contribution >= 4 is 70.2 Å². The smallest absolute Gasteiger partial charge is 0.141 e. The first-order chi connectivity index (χ1) is 9.63. The van der Waals surface area contributed by atoms with Gasteiger partial charge in [0.2, 0.25) is 0 Å². The van der Waals surface area contributed by atoms with Crippen molar-refractivity contribution in [2.75, 3.05) is 5.32 Å². The number of halogens is 3. The van der Waals surface area contributed by atoms with E-state index in [9.17, 15) is 0 Å². The largest absolute Gasteiger partial charge is 0.340 e. The molecule has 20 heavy (non-hydrogen) atoms. The van der Waals surface area contributed by atoms with Gasteiger partial charge in [-0.25, -0.2) is 9.97 Å². The lowest BCUT2D eigenvalue weighted by molar-refractivity contribution is 1.21. The fraction of sp³-hybridized carbons (Fsp3) is 0. The maximum absolute atomic E-state index is 4.33. The van der Waals surface area contributed by atoms with Crippen LogP contribution in [0, 0.1) is 0 Å². The third kappa shape index (κ3) is 2.87. The van der Waals surface area contributed by atoms with Gasteiger partial charge in [0, 0.05) is 24.5 Å². The molecule has 0 aliphatic rings. The fourth-order valence-corrected chi connectivity index (χ4v) is 3.45. The second-order valence-electron chi connectivity index (χ2n) is 4.14. The molecule has 1 heterocycles. The van der Waals surface area contributed by atoms with Crippen molar-refractivity contribution in [3.05, 3.63) is 56.1 Å². The Morgan fingerprint density at radius 3 is 2.35 bits per heavy atom. The van der Waals surface area contributed by atoms with Gasteiger partial charge in [0.25, 0.3) is 0 Å². The number of hydrogen-bond acceptors (Lipinski definition) is 3. The Kier molecular flexibility index (Phi) is 4.05. The zero-order chi connectivity index (χ0) is 14.1. The Hall–Kier alpha value is -0.980. The third-order valence-corrected chi connectivity index (χ3v) is 4.35. The molecule has 2 aromatic carbocycles. The standard InChI is InChI=1S/C14H8Br3N3/c15-8-1-3-10(4-2-8)20-14-11-5-9(16)6-12(17)13(11)18-7-19-14/h1-7H,(H,18,19,20). The van der Waals surface area contributed by atoms with Crippen molar-refractivity contribution in [2.24, 2.45) is 0 Å². The van der Waals surface area contributed by atoms with Crippen molar-refractivity contribution < 1.29 is 0 Å². The van der Waals surface area contributed by atoms with E-state index in [4.69, 9.17) is 0 Å². The highest BCUT2D eigenvalue weighted by molar-refractivity contribution is 9.11. The molecule has 1 N–H and O–H groups in total. The summed E-state index contributed by atoms with van der Waals surface area (Å²) in [7, 11) is 0. The molecule has 3 nitrogen and oxygen atoms in total. The van der Waals surface area contributed by atoms with Gasteiger partial charge >= 0.3 is 0 Å². The lowest BCUT2D eigenvalue weighted by Crippen LogP contribution is -1.96. The summed E-state index contributed by atoms with van der Waals surface area (Å²) in [5, 5.41) is 4.27. The van der Waals surface area contributed by atoms with Crippen LogP contribution >= 0.6 is 47.8 Å². The topological polar surface area (TPSA) is 37.8 Å². The molecule has 0 aliphatic heterocycles. The van der Waals surface area contributed by atoms with Gasteiger partial charge in [0.1, 0.15) is 12.1 Å². The first-order valence-corrected chi connectivity index (χ1v) is 8.14. The predicted molar refractivity (Wildman–Crippen MR) is 92.4 cm³/mol. The van der Waals surface area contributed by atoms with Crippen LogP contribution < -0.4 is 5.32 Å². The van der Waals surface area contributed by atoms with Crippen LogP contribution in [-0.2, 0) is 0 Å². The lowest BCUT2D eigenvalue weighted by Gasteiger charge is -2.09. The summed E-state index contributed by atoms with van der Waals surface area (Å²) in [4.78, 5) is 8.64. The summed E-state index contributed by atoms with van der Waals surface area (Å²) >= 11 is 10.4. The SMILES string of the molecule is Brc1ccc(Nc2ncnc3c(Br)cc(Br)cc23)cc1. The molecule has 0 unspecified atom stereocenters. The van der Waals surface area contributed by atoms with Crippen LogP contribution in [-0.4, -0.2) is 9.97 Å². The quantitative estimate of drug-likeness (QED) is 0.539. The summed E-state index contributed by atoms with van der Waals surface area (Å²) in [6, 6.07) is 11.9. The van der Waals surface area contributed by atoms with Crippen molar-refractivity contribution in [3.63, 3.8) is 0 Å². The number of rotatable bonds is 2. The number of benzene rings is 2. The van der Waals surface area contributed by atoms with Crippen LogP contribution in [0.3, 0.4) is 0 Å². The summed E-state index contributed by atoms with van der Waals surface area (Å²) in [6.07, 6.45) is 1.56. The van der Waals surface area contributed by atoms with Crippen molar-refractivity contribution in [1.82, 2.24) is 9.97 Å². The van der Waals surface area contributed by atoms with E-state index in [2.05, 4.69) is 63.1 Å². The Labute approximate surface area is 141 Å². The van der Waals surface area contributed by atoms with Crippen LogP contribution in [0.2, 0.25) is 0 Å². The molecular formula is C14H8Br3N3. The van der Waals surface area contributed by atoms with Gasteiger partial charge in [-0.2, -0.15) is 0 Å². The molecular weight excluding hydrogens is 450 g/mol. The van der Waals surface area contributed by atoms with E-state index < -0.39 is 0 Å². The molecule has 0 saturated heterocycles. The average molecular weight is 458 g/mol. The molecule has 3 aromatic rings.